The monoisotopic (exact) mass is 406 g/mol. The minimum Gasteiger partial charge on any atom is -0.491 e. The van der Waals surface area contributed by atoms with E-state index < -0.39 is 0 Å². The molecule has 0 bridgehead atoms. The van der Waals surface area contributed by atoms with Gasteiger partial charge < -0.3 is 20.7 Å². The molecular weight excluding hydrogens is 380 g/mol. The minimum absolute atomic E-state index is 0.0266. The Bertz CT molecular complexity index is 1010. The molecule has 156 valence electrons. The summed E-state index contributed by atoms with van der Waals surface area (Å²) < 4.78 is 6.70. The Labute approximate surface area is 175 Å². The summed E-state index contributed by atoms with van der Waals surface area (Å²) in [5, 5.41) is 7.34. The third kappa shape index (κ3) is 4.37. The maximum absolute atomic E-state index is 12.8. The molecule has 30 heavy (non-hydrogen) atoms. The number of ether oxygens (including phenoxy) is 1. The molecule has 2 aromatic carbocycles. The highest BCUT2D eigenvalue weighted by Gasteiger charge is 2.17. The number of nitrogens with zero attached hydrogens (tertiary/aromatic N) is 4. The number of carbonyl (C=O) groups excluding carboxylic acids is 1. The quantitative estimate of drug-likeness (QED) is 0.644. The van der Waals surface area contributed by atoms with Gasteiger partial charge in [0, 0.05) is 30.0 Å². The summed E-state index contributed by atoms with van der Waals surface area (Å²) in [6, 6.07) is 15.0. The fraction of sp³-hybridized carbons (Fsp3) is 0.318. The van der Waals surface area contributed by atoms with Gasteiger partial charge in [0.25, 0.3) is 5.91 Å². The van der Waals surface area contributed by atoms with Crippen LogP contribution in [0, 0.1) is 0 Å². The fourth-order valence-corrected chi connectivity index (χ4v) is 3.46. The number of rotatable bonds is 6. The van der Waals surface area contributed by atoms with Gasteiger partial charge in [-0.1, -0.05) is 0 Å². The predicted octanol–water partition coefficient (Wildman–Crippen LogP) is 3.68. The van der Waals surface area contributed by atoms with E-state index in [0.29, 0.717) is 11.3 Å². The molecule has 1 aliphatic heterocycles. The Morgan fingerprint density at radius 1 is 1.07 bits per heavy atom. The van der Waals surface area contributed by atoms with E-state index in [9.17, 15) is 4.79 Å². The molecule has 1 aromatic heterocycles. The maximum Gasteiger partial charge on any atom is 0.281 e. The van der Waals surface area contributed by atoms with Gasteiger partial charge in [-0.25, -0.2) is 0 Å². The van der Waals surface area contributed by atoms with Gasteiger partial charge in [0.15, 0.2) is 0 Å². The van der Waals surface area contributed by atoms with E-state index in [1.165, 1.54) is 18.5 Å². The molecule has 0 radical (unpaired) electrons. The van der Waals surface area contributed by atoms with Gasteiger partial charge in [-0.3, -0.25) is 4.79 Å². The zero-order valence-electron chi connectivity index (χ0n) is 17.2. The molecule has 0 saturated carbocycles. The van der Waals surface area contributed by atoms with E-state index in [0.717, 1.165) is 23.5 Å². The van der Waals surface area contributed by atoms with Crippen molar-refractivity contribution in [1.29, 1.82) is 0 Å². The van der Waals surface area contributed by atoms with Crippen molar-refractivity contribution in [2.45, 2.75) is 32.8 Å². The zero-order chi connectivity index (χ0) is 21.1. The van der Waals surface area contributed by atoms with Crippen molar-refractivity contribution in [3.05, 3.63) is 54.1 Å². The van der Waals surface area contributed by atoms with Gasteiger partial charge >= 0.3 is 0 Å². The highest BCUT2D eigenvalue weighted by Crippen LogP contribution is 2.23. The molecule has 3 aromatic rings. The Morgan fingerprint density at radius 3 is 2.37 bits per heavy atom. The molecule has 0 atom stereocenters. The molecule has 1 fully saturated rings. The number of hydrogen-bond donors (Lipinski definition) is 2. The standard InChI is InChI=1S/C22H26N6O2/c1-15(2)30-19-11-5-16(6-12-19)20(29)28-21(23)25-22(26-28)24-17-7-9-18(10-8-17)27-13-3-4-14-27/h5-12,15H,3-4,13-14H2,1-2H3,(H3,23,24,25,26). The molecule has 2 heterocycles. The smallest absolute Gasteiger partial charge is 0.281 e. The molecule has 1 saturated heterocycles. The molecule has 3 N–H and O–H groups in total. The predicted molar refractivity (Wildman–Crippen MR) is 118 cm³/mol. The third-order valence-electron chi connectivity index (χ3n) is 4.89. The van der Waals surface area contributed by atoms with Gasteiger partial charge in [0.05, 0.1) is 6.10 Å². The van der Waals surface area contributed by atoms with Crippen molar-refractivity contribution < 1.29 is 9.53 Å². The van der Waals surface area contributed by atoms with Gasteiger partial charge in [0.1, 0.15) is 5.75 Å². The highest BCUT2D eigenvalue weighted by atomic mass is 16.5. The molecule has 8 heteroatoms. The molecule has 4 rings (SSSR count). The maximum atomic E-state index is 12.8. The summed E-state index contributed by atoms with van der Waals surface area (Å²) in [5.74, 6) is 0.648. The van der Waals surface area contributed by atoms with Gasteiger partial charge in [-0.15, -0.1) is 5.10 Å². The first kappa shape index (κ1) is 19.8. The number of aromatic nitrogens is 3. The van der Waals surface area contributed by atoms with Crippen LogP contribution in [0.2, 0.25) is 0 Å². The highest BCUT2D eigenvalue weighted by molar-refractivity contribution is 5.97. The summed E-state index contributed by atoms with van der Waals surface area (Å²) in [7, 11) is 0. The largest absolute Gasteiger partial charge is 0.491 e. The summed E-state index contributed by atoms with van der Waals surface area (Å²) in [6.45, 7) is 6.09. The summed E-state index contributed by atoms with van der Waals surface area (Å²) >= 11 is 0. The van der Waals surface area contributed by atoms with Gasteiger partial charge in [-0.2, -0.15) is 9.67 Å². The first-order valence-corrected chi connectivity index (χ1v) is 10.2. The lowest BCUT2D eigenvalue weighted by Gasteiger charge is -2.17. The van der Waals surface area contributed by atoms with Crippen LogP contribution in [0.25, 0.3) is 0 Å². The van der Waals surface area contributed by atoms with Crippen LogP contribution in [0.4, 0.5) is 23.3 Å². The first-order valence-electron chi connectivity index (χ1n) is 10.2. The van der Waals surface area contributed by atoms with Crippen LogP contribution in [-0.4, -0.2) is 39.9 Å². The number of carbonyl (C=O) groups is 1. The van der Waals surface area contributed by atoms with Crippen LogP contribution in [0.3, 0.4) is 0 Å². The third-order valence-corrected chi connectivity index (χ3v) is 4.89. The molecule has 0 unspecified atom stereocenters. The van der Waals surface area contributed by atoms with Gasteiger partial charge in [0.2, 0.25) is 11.9 Å². The van der Waals surface area contributed by atoms with Crippen molar-refractivity contribution in [2.75, 3.05) is 29.0 Å². The lowest BCUT2D eigenvalue weighted by molar-refractivity contribution is 0.0948. The summed E-state index contributed by atoms with van der Waals surface area (Å²) in [4.78, 5) is 19.3. The lowest BCUT2D eigenvalue weighted by atomic mass is 10.2. The number of nitrogens with one attached hydrogen (secondary N) is 1. The van der Waals surface area contributed by atoms with Crippen LogP contribution in [0.5, 0.6) is 5.75 Å². The number of nitrogens with two attached hydrogens (primary N) is 1. The number of benzene rings is 2. The normalized spacial score (nSPS) is 13.6. The lowest BCUT2D eigenvalue weighted by Crippen LogP contribution is -2.17. The summed E-state index contributed by atoms with van der Waals surface area (Å²) in [5.41, 5.74) is 8.42. The van der Waals surface area contributed by atoms with E-state index in [1.54, 1.807) is 24.3 Å². The SMILES string of the molecule is CC(C)Oc1ccc(C(=O)n2nc(Nc3ccc(N4CCCC4)cc3)nc2N)cc1. The molecule has 0 spiro atoms. The van der Waals surface area contributed by atoms with Crippen molar-refractivity contribution in [1.82, 2.24) is 14.8 Å². The Hall–Kier alpha value is -3.55. The van der Waals surface area contributed by atoms with Crippen molar-refractivity contribution >= 4 is 29.2 Å². The average molecular weight is 406 g/mol. The van der Waals surface area contributed by atoms with Crippen LogP contribution >= 0.6 is 0 Å². The average Bonchev–Trinajstić information content (AvgIpc) is 3.38. The molecule has 8 nitrogen and oxygen atoms in total. The molecule has 0 amide bonds. The van der Waals surface area contributed by atoms with E-state index >= 15 is 0 Å². The first-order chi connectivity index (χ1) is 14.5. The second-order valence-electron chi connectivity index (χ2n) is 7.57. The van der Waals surface area contributed by atoms with Crippen LogP contribution in [0.1, 0.15) is 37.0 Å². The Kier molecular flexibility index (Phi) is 5.56. The van der Waals surface area contributed by atoms with Crippen LogP contribution in [0.15, 0.2) is 48.5 Å². The van der Waals surface area contributed by atoms with Crippen LogP contribution < -0.4 is 20.7 Å². The van der Waals surface area contributed by atoms with E-state index in [1.807, 2.05) is 26.0 Å². The van der Waals surface area contributed by atoms with E-state index in [2.05, 4.69) is 32.4 Å². The molecule has 1 aliphatic rings. The Balaban J connectivity index is 1.45. The molecular formula is C22H26N6O2. The fourth-order valence-electron chi connectivity index (χ4n) is 3.46. The van der Waals surface area contributed by atoms with E-state index in [4.69, 9.17) is 10.5 Å². The van der Waals surface area contributed by atoms with Crippen LogP contribution in [-0.2, 0) is 0 Å². The second kappa shape index (κ2) is 8.44. The van der Waals surface area contributed by atoms with Crippen molar-refractivity contribution in [3.63, 3.8) is 0 Å². The molecule has 0 aliphatic carbocycles. The Morgan fingerprint density at radius 2 is 1.73 bits per heavy atom. The van der Waals surface area contributed by atoms with Gasteiger partial charge in [-0.05, 0) is 75.2 Å². The second-order valence-corrected chi connectivity index (χ2v) is 7.57. The van der Waals surface area contributed by atoms with Crippen molar-refractivity contribution in [3.8, 4) is 5.75 Å². The van der Waals surface area contributed by atoms with E-state index in [-0.39, 0.29) is 23.9 Å². The number of hydrogen-bond acceptors (Lipinski definition) is 7. The topological polar surface area (TPSA) is 98.3 Å². The number of nitrogen functional groups attached to an aromatic ring is 1. The zero-order valence-corrected chi connectivity index (χ0v) is 17.2. The number of anilines is 4. The van der Waals surface area contributed by atoms with Crippen molar-refractivity contribution in [2.24, 2.45) is 0 Å². The summed E-state index contributed by atoms with van der Waals surface area (Å²) in [6.07, 6.45) is 2.54. The minimum atomic E-state index is -0.353.